The second-order valence-corrected chi connectivity index (χ2v) is 4.83. The van der Waals surface area contributed by atoms with E-state index in [0.717, 1.165) is 12.1 Å². The van der Waals surface area contributed by atoms with Crippen molar-refractivity contribution in [3.8, 4) is 0 Å². The van der Waals surface area contributed by atoms with E-state index in [2.05, 4.69) is 15.9 Å². The molecule has 0 bridgehead atoms. The highest BCUT2D eigenvalue weighted by atomic mass is 79.9. The van der Waals surface area contributed by atoms with Crippen LogP contribution in [0.1, 0.15) is 15.9 Å². The summed E-state index contributed by atoms with van der Waals surface area (Å²) in [6.45, 7) is 0. The quantitative estimate of drug-likeness (QED) is 0.768. The van der Waals surface area contributed by atoms with E-state index in [4.69, 9.17) is 0 Å². The van der Waals surface area contributed by atoms with Crippen LogP contribution in [0, 0.1) is 17.5 Å². The summed E-state index contributed by atoms with van der Waals surface area (Å²) in [5, 5.41) is 0. The van der Waals surface area contributed by atoms with Crippen LogP contribution >= 0.6 is 15.9 Å². The fourth-order valence-electron chi connectivity index (χ4n) is 1.65. The molecule has 0 unspecified atom stereocenters. The summed E-state index contributed by atoms with van der Waals surface area (Å²) in [4.78, 5) is 12.0. The van der Waals surface area contributed by atoms with Gasteiger partial charge in [-0.15, -0.1) is 0 Å². The first-order valence-electron chi connectivity index (χ1n) is 5.39. The van der Waals surface area contributed by atoms with E-state index >= 15 is 0 Å². The lowest BCUT2D eigenvalue weighted by Gasteiger charge is -2.05. The summed E-state index contributed by atoms with van der Waals surface area (Å²) in [5.74, 6) is -2.73. The lowest BCUT2D eigenvalue weighted by atomic mass is 10.0. The van der Waals surface area contributed by atoms with Gasteiger partial charge >= 0.3 is 0 Å². The molecular weight excluding hydrogens is 321 g/mol. The van der Waals surface area contributed by atoms with Crippen molar-refractivity contribution in [2.75, 3.05) is 0 Å². The minimum atomic E-state index is -0.997. The van der Waals surface area contributed by atoms with Crippen molar-refractivity contribution in [3.63, 3.8) is 0 Å². The Morgan fingerprint density at radius 3 is 2.37 bits per heavy atom. The van der Waals surface area contributed by atoms with Gasteiger partial charge < -0.3 is 0 Å². The zero-order valence-electron chi connectivity index (χ0n) is 9.59. The molecule has 0 saturated carbocycles. The number of rotatable bonds is 3. The van der Waals surface area contributed by atoms with Gasteiger partial charge in [-0.1, -0.05) is 6.07 Å². The smallest absolute Gasteiger partial charge is 0.168 e. The minimum absolute atomic E-state index is 0.0819. The maximum absolute atomic E-state index is 13.0. The van der Waals surface area contributed by atoms with Crippen molar-refractivity contribution in [3.05, 3.63) is 69.4 Å². The Bertz CT molecular complexity index is 641. The molecule has 0 aliphatic rings. The first kappa shape index (κ1) is 13.8. The number of benzene rings is 2. The van der Waals surface area contributed by atoms with Crippen molar-refractivity contribution in [2.24, 2.45) is 0 Å². The van der Waals surface area contributed by atoms with Gasteiger partial charge in [0.2, 0.25) is 0 Å². The second kappa shape index (κ2) is 5.57. The van der Waals surface area contributed by atoms with Crippen LogP contribution in [-0.4, -0.2) is 5.78 Å². The van der Waals surface area contributed by atoms with Crippen LogP contribution in [0.15, 0.2) is 40.9 Å². The molecule has 0 atom stereocenters. The van der Waals surface area contributed by atoms with E-state index in [-0.39, 0.29) is 12.2 Å². The summed E-state index contributed by atoms with van der Waals surface area (Å²) in [5.41, 5.74) is 0.659. The molecule has 1 nitrogen and oxygen atoms in total. The molecule has 0 radical (unpaired) electrons. The number of carbonyl (C=O) groups is 1. The molecule has 0 aliphatic carbocycles. The second-order valence-electron chi connectivity index (χ2n) is 3.97. The Labute approximate surface area is 116 Å². The van der Waals surface area contributed by atoms with Crippen molar-refractivity contribution in [1.29, 1.82) is 0 Å². The molecule has 5 heteroatoms. The molecule has 0 aliphatic heterocycles. The summed E-state index contributed by atoms with van der Waals surface area (Å²) in [6, 6.07) is 6.99. The maximum Gasteiger partial charge on any atom is 0.168 e. The molecule has 2 aromatic carbocycles. The van der Waals surface area contributed by atoms with Gasteiger partial charge in [-0.25, -0.2) is 13.2 Å². The van der Waals surface area contributed by atoms with Crippen LogP contribution < -0.4 is 0 Å². The zero-order valence-corrected chi connectivity index (χ0v) is 11.2. The van der Waals surface area contributed by atoms with Crippen LogP contribution in [0.4, 0.5) is 13.2 Å². The number of halogens is 4. The van der Waals surface area contributed by atoms with Crippen molar-refractivity contribution in [2.45, 2.75) is 6.42 Å². The molecule has 2 aromatic rings. The van der Waals surface area contributed by atoms with Crippen LogP contribution in [0.2, 0.25) is 0 Å². The van der Waals surface area contributed by atoms with Gasteiger partial charge in [-0.2, -0.15) is 0 Å². The Morgan fingerprint density at radius 1 is 1.00 bits per heavy atom. The molecule has 2 rings (SSSR count). The highest BCUT2D eigenvalue weighted by Crippen LogP contribution is 2.20. The molecular formula is C14H8BrF3O. The third-order valence-electron chi connectivity index (χ3n) is 2.58. The predicted octanol–water partition coefficient (Wildman–Crippen LogP) is 4.29. The molecule has 0 saturated heterocycles. The number of hydrogen-bond acceptors (Lipinski definition) is 1. The fraction of sp³-hybridized carbons (Fsp3) is 0.0714. The van der Waals surface area contributed by atoms with E-state index in [1.165, 1.54) is 24.3 Å². The Morgan fingerprint density at radius 2 is 1.74 bits per heavy atom. The maximum atomic E-state index is 13.0. The zero-order chi connectivity index (χ0) is 14.0. The summed E-state index contributed by atoms with van der Waals surface area (Å²) in [6.07, 6.45) is -0.0819. The molecule has 0 fully saturated rings. The highest BCUT2D eigenvalue weighted by molar-refractivity contribution is 9.10. The fourth-order valence-corrected chi connectivity index (χ4v) is 2.22. The third-order valence-corrected chi connectivity index (χ3v) is 3.24. The van der Waals surface area contributed by atoms with Crippen molar-refractivity contribution >= 4 is 21.7 Å². The molecule has 0 amide bonds. The van der Waals surface area contributed by atoms with Gasteiger partial charge in [0.1, 0.15) is 5.82 Å². The van der Waals surface area contributed by atoms with Crippen LogP contribution in [0.3, 0.4) is 0 Å². The van der Waals surface area contributed by atoms with E-state index in [9.17, 15) is 18.0 Å². The summed E-state index contributed by atoms with van der Waals surface area (Å²) in [7, 11) is 0. The van der Waals surface area contributed by atoms with E-state index in [0.29, 0.717) is 15.6 Å². The lowest BCUT2D eigenvalue weighted by Crippen LogP contribution is -2.05. The predicted molar refractivity (Wildman–Crippen MR) is 68.5 cm³/mol. The molecule has 0 spiro atoms. The molecule has 0 N–H and O–H groups in total. The lowest BCUT2D eigenvalue weighted by molar-refractivity contribution is 0.0992. The highest BCUT2D eigenvalue weighted by Gasteiger charge is 2.12. The van der Waals surface area contributed by atoms with Gasteiger partial charge in [0, 0.05) is 16.5 Å². The van der Waals surface area contributed by atoms with Gasteiger partial charge in [0.25, 0.3) is 0 Å². The van der Waals surface area contributed by atoms with Gasteiger partial charge in [-0.05, 0) is 51.8 Å². The Balaban J connectivity index is 2.23. The van der Waals surface area contributed by atoms with Crippen LogP contribution in [0.5, 0.6) is 0 Å². The average Bonchev–Trinajstić information content (AvgIpc) is 2.33. The Kier molecular flexibility index (Phi) is 4.04. The molecule has 98 valence electrons. The molecule has 0 aromatic heterocycles. The van der Waals surface area contributed by atoms with Crippen LogP contribution in [-0.2, 0) is 6.42 Å². The minimum Gasteiger partial charge on any atom is -0.294 e. The monoisotopic (exact) mass is 328 g/mol. The third kappa shape index (κ3) is 3.23. The van der Waals surface area contributed by atoms with E-state index in [1.54, 1.807) is 0 Å². The van der Waals surface area contributed by atoms with Crippen molar-refractivity contribution in [1.82, 2.24) is 0 Å². The van der Waals surface area contributed by atoms with E-state index in [1.807, 2.05) is 0 Å². The van der Waals surface area contributed by atoms with Crippen LogP contribution in [0.25, 0.3) is 0 Å². The van der Waals surface area contributed by atoms with Gasteiger partial charge in [0.15, 0.2) is 17.4 Å². The number of hydrogen-bond donors (Lipinski definition) is 0. The van der Waals surface area contributed by atoms with Gasteiger partial charge in [-0.3, -0.25) is 4.79 Å². The van der Waals surface area contributed by atoms with E-state index < -0.39 is 17.5 Å². The van der Waals surface area contributed by atoms with Gasteiger partial charge in [0.05, 0.1) is 0 Å². The first-order chi connectivity index (χ1) is 8.97. The molecule has 19 heavy (non-hydrogen) atoms. The SMILES string of the molecule is O=C(Cc1ccc(F)c(F)c1)c1ccc(F)cc1Br. The summed E-state index contributed by atoms with van der Waals surface area (Å²) >= 11 is 3.09. The molecule has 0 heterocycles. The first-order valence-corrected chi connectivity index (χ1v) is 6.19. The normalized spacial score (nSPS) is 10.5. The number of Topliss-reactive ketones (excluding diaryl/α,β-unsaturated/α-hetero) is 1. The Hall–Kier alpha value is -1.62. The van der Waals surface area contributed by atoms with Crippen molar-refractivity contribution < 1.29 is 18.0 Å². The number of ketones is 1. The topological polar surface area (TPSA) is 17.1 Å². The standard InChI is InChI=1S/C14H8BrF3O/c15-11-7-9(16)2-3-10(11)14(19)6-8-1-4-12(17)13(18)5-8/h1-5,7H,6H2. The largest absolute Gasteiger partial charge is 0.294 e. The summed E-state index contributed by atoms with van der Waals surface area (Å²) < 4.78 is 39.0. The average molecular weight is 329 g/mol. The number of carbonyl (C=O) groups excluding carboxylic acids is 1.